The molecule has 0 radical (unpaired) electrons. The number of alkyl carbamates (subject to hydrolysis) is 1. The number of nitrogens with zero attached hydrogens (tertiary/aromatic N) is 1. The lowest BCUT2D eigenvalue weighted by molar-refractivity contribution is -0.124. The Hall–Kier alpha value is -3.40. The molecule has 61 heavy (non-hydrogen) atoms. The molecule has 2 aromatic carbocycles. The molecule has 0 spiro atoms. The smallest absolute Gasteiger partial charge is 0.410 e. The van der Waals surface area contributed by atoms with Crippen LogP contribution in [0.4, 0.5) is 9.59 Å². The first-order chi connectivity index (χ1) is 28.3. The fourth-order valence-corrected chi connectivity index (χ4v) is 14.7. The Labute approximate surface area is 371 Å². The number of amides is 3. The van der Waals surface area contributed by atoms with Crippen LogP contribution in [0.25, 0.3) is 0 Å². The van der Waals surface area contributed by atoms with E-state index in [9.17, 15) is 14.4 Å². The molecule has 2 N–H and O–H groups in total. The van der Waals surface area contributed by atoms with Gasteiger partial charge in [-0.1, -0.05) is 125 Å². The van der Waals surface area contributed by atoms with Crippen molar-refractivity contribution in [1.29, 1.82) is 0 Å². The number of hydrogen-bond donors (Lipinski definition) is 2. The fraction of sp³-hybridized carbons (Fsp3) is 0.688. The van der Waals surface area contributed by atoms with Gasteiger partial charge in [-0.05, 0) is 91.1 Å². The predicted molar refractivity (Wildman–Crippen MR) is 251 cm³/mol. The summed E-state index contributed by atoms with van der Waals surface area (Å²) in [6.45, 7) is 35.7. The molecule has 344 valence electrons. The van der Waals surface area contributed by atoms with Crippen LogP contribution in [0, 0.1) is 5.92 Å². The van der Waals surface area contributed by atoms with Crippen molar-refractivity contribution in [3.05, 3.63) is 65.7 Å². The molecule has 3 amide bonds. The topological polar surface area (TPSA) is 125 Å². The molecule has 0 aliphatic carbocycles. The van der Waals surface area contributed by atoms with Gasteiger partial charge in [0.15, 0.2) is 8.32 Å². The fourth-order valence-electron chi connectivity index (χ4n) is 8.13. The number of carbonyl (C=O) groups excluding carboxylic acids is 3. The van der Waals surface area contributed by atoms with Gasteiger partial charge in [0.1, 0.15) is 30.1 Å². The number of likely N-dealkylation sites (tertiary alicyclic amines) is 1. The van der Waals surface area contributed by atoms with Crippen molar-refractivity contribution in [2.75, 3.05) is 19.7 Å². The summed E-state index contributed by atoms with van der Waals surface area (Å²) in [6.07, 6.45) is 0.340. The van der Waals surface area contributed by atoms with Crippen LogP contribution in [-0.4, -0.2) is 83.1 Å². The highest BCUT2D eigenvalue weighted by atomic mass is 28.4. The second kappa shape index (κ2) is 22.3. The van der Waals surface area contributed by atoms with E-state index in [4.69, 9.17) is 23.1 Å². The molecule has 2 unspecified atom stereocenters. The zero-order valence-electron chi connectivity index (χ0n) is 40.5. The molecule has 1 heterocycles. The third kappa shape index (κ3) is 14.6. The van der Waals surface area contributed by atoms with Crippen LogP contribution in [0.3, 0.4) is 0 Å². The summed E-state index contributed by atoms with van der Waals surface area (Å²) in [4.78, 5) is 41.8. The maximum Gasteiger partial charge on any atom is 0.410 e. The van der Waals surface area contributed by atoms with Gasteiger partial charge in [-0.25, -0.2) is 9.59 Å². The van der Waals surface area contributed by atoms with Crippen LogP contribution in [0.1, 0.15) is 133 Å². The second-order valence-corrected chi connectivity index (χ2v) is 30.6. The minimum Gasteiger partial charge on any atom is -0.488 e. The van der Waals surface area contributed by atoms with E-state index in [1.807, 2.05) is 77.1 Å². The zero-order chi connectivity index (χ0) is 45.9. The van der Waals surface area contributed by atoms with E-state index < -0.39 is 34.4 Å². The van der Waals surface area contributed by atoms with Crippen molar-refractivity contribution in [3.63, 3.8) is 0 Å². The first-order valence-electron chi connectivity index (χ1n) is 22.7. The molecule has 2 aromatic rings. The predicted octanol–water partition coefficient (Wildman–Crippen LogP) is 11.5. The molecule has 0 bridgehead atoms. The van der Waals surface area contributed by atoms with Crippen LogP contribution >= 0.6 is 0 Å². The lowest BCUT2D eigenvalue weighted by Crippen LogP contribution is -2.51. The van der Waals surface area contributed by atoms with Crippen molar-refractivity contribution in [3.8, 4) is 5.75 Å². The van der Waals surface area contributed by atoms with E-state index in [2.05, 4.69) is 98.2 Å². The number of carbonyl (C=O) groups is 3. The summed E-state index contributed by atoms with van der Waals surface area (Å²) in [5.74, 6) is 0.338. The van der Waals surface area contributed by atoms with Crippen LogP contribution in [0.2, 0.25) is 34.8 Å². The molecule has 1 saturated heterocycles. The average molecular weight is 884 g/mol. The van der Waals surface area contributed by atoms with Gasteiger partial charge in [0, 0.05) is 19.5 Å². The summed E-state index contributed by atoms with van der Waals surface area (Å²) >= 11 is 0. The van der Waals surface area contributed by atoms with E-state index in [-0.39, 0.29) is 47.8 Å². The van der Waals surface area contributed by atoms with E-state index in [1.54, 1.807) is 4.90 Å². The highest BCUT2D eigenvalue weighted by Crippen LogP contribution is 2.46. The van der Waals surface area contributed by atoms with Crippen LogP contribution < -0.4 is 15.4 Å². The lowest BCUT2D eigenvalue weighted by Gasteiger charge is -2.45. The first-order valence-corrected chi connectivity index (χ1v) is 27.7. The zero-order valence-corrected chi connectivity index (χ0v) is 42.5. The Morgan fingerprint density at radius 2 is 1.44 bits per heavy atom. The SMILES string of the molecule is CCC(C)[C@H](NC(=O)OCc1ccccc1)C(=O)NCCC(O[Si](C(C)C)(C(C)C)C(C)C)c1ccc(O[C@@H]2CCN(C(=O)OC(C)(C)C)[C@@H]2CO[Si](C)(C)C(C)(C)C)cc1. The quantitative estimate of drug-likeness (QED) is 0.126. The molecule has 3 rings (SSSR count). The van der Waals surface area contributed by atoms with E-state index in [1.165, 1.54) is 0 Å². The molecule has 1 fully saturated rings. The average Bonchev–Trinajstić information content (AvgIpc) is 3.57. The number of ether oxygens (including phenoxy) is 3. The van der Waals surface area contributed by atoms with Gasteiger partial charge >= 0.3 is 12.2 Å². The summed E-state index contributed by atoms with van der Waals surface area (Å²) in [5, 5.41) is 5.96. The van der Waals surface area contributed by atoms with E-state index in [0.717, 1.165) is 11.1 Å². The number of benzene rings is 2. The highest BCUT2D eigenvalue weighted by Gasteiger charge is 2.47. The number of nitrogens with one attached hydrogen (secondary N) is 2. The standard InChI is InChI=1S/C48H81N3O8Si2/c1-17-36(8)43(50-45(53)55-31-37-21-19-18-20-22-37)44(52)49-29-27-41(59-61(33(2)3,34(4)5)35(6)7)38-23-25-39(26-24-38)57-42-28-30-51(46(54)58-47(9,10)11)40(42)32-56-60(15,16)48(12,13)14/h18-26,33-36,40-43H,17,27-32H2,1-16H3,(H,49,52)(H,50,53)/t36?,40-,41?,42-,43+/m1/s1. The summed E-state index contributed by atoms with van der Waals surface area (Å²) in [7, 11) is -4.48. The van der Waals surface area contributed by atoms with Crippen LogP contribution in [0.15, 0.2) is 54.6 Å². The van der Waals surface area contributed by atoms with Gasteiger partial charge in [0.2, 0.25) is 14.2 Å². The minimum absolute atomic E-state index is 0.0142. The van der Waals surface area contributed by atoms with Gasteiger partial charge in [0.05, 0.1) is 18.8 Å². The third-order valence-corrected chi connectivity index (χ3v) is 23.4. The Bertz CT molecular complexity index is 1650. The summed E-state index contributed by atoms with van der Waals surface area (Å²) < 4.78 is 32.1. The minimum atomic E-state index is -2.36. The van der Waals surface area contributed by atoms with Gasteiger partial charge in [-0.2, -0.15) is 0 Å². The third-order valence-electron chi connectivity index (χ3n) is 12.8. The molecular weight excluding hydrogens is 803 g/mol. The van der Waals surface area contributed by atoms with Crippen molar-refractivity contribution >= 4 is 34.7 Å². The largest absolute Gasteiger partial charge is 0.488 e. The van der Waals surface area contributed by atoms with E-state index in [0.29, 0.717) is 61.3 Å². The second-order valence-electron chi connectivity index (χ2n) is 20.4. The Morgan fingerprint density at radius 3 is 1.97 bits per heavy atom. The molecule has 1 aliphatic heterocycles. The molecule has 0 aromatic heterocycles. The van der Waals surface area contributed by atoms with Crippen LogP contribution in [0.5, 0.6) is 5.75 Å². The summed E-state index contributed by atoms with van der Waals surface area (Å²) in [6, 6.07) is 16.5. The molecular formula is C48H81N3O8Si2. The van der Waals surface area contributed by atoms with E-state index >= 15 is 0 Å². The molecule has 5 atom stereocenters. The summed E-state index contributed by atoms with van der Waals surface area (Å²) in [5.41, 5.74) is 2.32. The van der Waals surface area contributed by atoms with Crippen molar-refractivity contribution in [2.24, 2.45) is 5.92 Å². The normalized spacial score (nSPS) is 17.9. The van der Waals surface area contributed by atoms with Crippen molar-refractivity contribution in [2.45, 2.75) is 187 Å². The van der Waals surface area contributed by atoms with Gasteiger partial charge in [-0.3, -0.25) is 9.69 Å². The molecule has 11 nitrogen and oxygen atoms in total. The number of rotatable bonds is 20. The Balaban J connectivity index is 1.84. The highest BCUT2D eigenvalue weighted by molar-refractivity contribution is 6.77. The lowest BCUT2D eigenvalue weighted by atomic mass is 9.98. The maximum absolute atomic E-state index is 13.7. The first kappa shape index (κ1) is 52.0. The van der Waals surface area contributed by atoms with Gasteiger partial charge < -0.3 is 33.7 Å². The van der Waals surface area contributed by atoms with Crippen molar-refractivity contribution in [1.82, 2.24) is 15.5 Å². The van der Waals surface area contributed by atoms with Gasteiger partial charge in [0.25, 0.3) is 0 Å². The monoisotopic (exact) mass is 884 g/mol. The molecule has 1 aliphatic rings. The number of hydrogen-bond acceptors (Lipinski definition) is 8. The Morgan fingerprint density at radius 1 is 0.852 bits per heavy atom. The molecule has 0 saturated carbocycles. The maximum atomic E-state index is 13.7. The van der Waals surface area contributed by atoms with Crippen LogP contribution in [-0.2, 0) is 29.7 Å². The van der Waals surface area contributed by atoms with Crippen molar-refractivity contribution < 1.29 is 37.4 Å². The van der Waals surface area contributed by atoms with Gasteiger partial charge in [-0.15, -0.1) is 0 Å². The Kier molecular flexibility index (Phi) is 19.0. The molecule has 13 heteroatoms.